The third-order valence-corrected chi connectivity index (χ3v) is 6.88. The SMILES string of the molecule is CN(CCS(=O)(=O)c1ccccc1)C[C@H]1CCN(C)C1(C)C. The molecule has 0 unspecified atom stereocenters. The van der Waals surface area contributed by atoms with Crippen molar-refractivity contribution in [1.82, 2.24) is 9.80 Å². The minimum atomic E-state index is -3.18. The first kappa shape index (κ1) is 17.4. The molecule has 1 saturated heterocycles. The smallest absolute Gasteiger partial charge is 0.179 e. The Labute approximate surface area is 135 Å². The van der Waals surface area contributed by atoms with E-state index in [1.165, 1.54) is 6.42 Å². The van der Waals surface area contributed by atoms with Crippen LogP contribution in [0.1, 0.15) is 20.3 Å². The molecule has 124 valence electrons. The van der Waals surface area contributed by atoms with Crippen molar-refractivity contribution >= 4 is 9.84 Å². The first-order valence-electron chi connectivity index (χ1n) is 7.91. The van der Waals surface area contributed by atoms with Gasteiger partial charge in [0.1, 0.15) is 0 Å². The standard InChI is InChI=1S/C17H28N2O2S/c1-17(2)15(10-11-19(17)4)14-18(3)12-13-22(20,21)16-8-6-5-7-9-16/h5-9,15H,10-14H2,1-4H3/t15-/m1/s1. The molecule has 0 bridgehead atoms. The number of hydrogen-bond acceptors (Lipinski definition) is 4. The summed E-state index contributed by atoms with van der Waals surface area (Å²) in [5, 5.41) is 0. The maximum Gasteiger partial charge on any atom is 0.179 e. The van der Waals surface area contributed by atoms with Crippen LogP contribution in [0.3, 0.4) is 0 Å². The molecule has 0 N–H and O–H groups in total. The van der Waals surface area contributed by atoms with Gasteiger partial charge in [0.2, 0.25) is 0 Å². The second kappa shape index (κ2) is 6.69. The predicted molar refractivity (Wildman–Crippen MR) is 90.8 cm³/mol. The fourth-order valence-corrected chi connectivity index (χ4v) is 4.47. The number of nitrogens with zero attached hydrogens (tertiary/aromatic N) is 2. The third kappa shape index (κ3) is 3.89. The molecule has 0 aromatic heterocycles. The van der Waals surface area contributed by atoms with Crippen LogP contribution in [0, 0.1) is 5.92 Å². The average molecular weight is 324 g/mol. The summed E-state index contributed by atoms with van der Waals surface area (Å²) < 4.78 is 24.6. The Hall–Kier alpha value is -0.910. The molecule has 1 heterocycles. The van der Waals surface area contributed by atoms with Gasteiger partial charge in [0.05, 0.1) is 10.6 Å². The lowest BCUT2D eigenvalue weighted by Gasteiger charge is -2.35. The normalized spacial score (nSPS) is 22.3. The number of hydrogen-bond donors (Lipinski definition) is 0. The highest BCUT2D eigenvalue weighted by atomic mass is 32.2. The summed E-state index contributed by atoms with van der Waals surface area (Å²) >= 11 is 0. The molecule has 1 aromatic carbocycles. The largest absolute Gasteiger partial charge is 0.305 e. The van der Waals surface area contributed by atoms with Crippen molar-refractivity contribution in [2.75, 3.05) is 39.5 Å². The van der Waals surface area contributed by atoms with Crippen LogP contribution in [0.5, 0.6) is 0 Å². The summed E-state index contributed by atoms with van der Waals surface area (Å²) in [5.74, 6) is 0.762. The lowest BCUT2D eigenvalue weighted by Crippen LogP contribution is -2.44. The zero-order chi connectivity index (χ0) is 16.4. The maximum atomic E-state index is 12.3. The van der Waals surface area contributed by atoms with Gasteiger partial charge in [0, 0.05) is 18.6 Å². The van der Waals surface area contributed by atoms with E-state index in [9.17, 15) is 8.42 Å². The van der Waals surface area contributed by atoms with Crippen molar-refractivity contribution in [2.45, 2.75) is 30.7 Å². The first-order valence-corrected chi connectivity index (χ1v) is 9.56. The summed E-state index contributed by atoms with van der Waals surface area (Å²) in [6, 6.07) is 8.72. The van der Waals surface area contributed by atoms with Crippen LogP contribution in [0.25, 0.3) is 0 Å². The number of likely N-dealkylation sites (tertiary alicyclic amines) is 1. The fraction of sp³-hybridized carbons (Fsp3) is 0.647. The lowest BCUT2D eigenvalue weighted by molar-refractivity contribution is 0.144. The third-order valence-electron chi connectivity index (χ3n) is 5.17. The van der Waals surface area contributed by atoms with Gasteiger partial charge in [-0.3, -0.25) is 0 Å². The molecule has 5 heteroatoms. The molecule has 1 fully saturated rings. The molecule has 0 amide bonds. The van der Waals surface area contributed by atoms with Gasteiger partial charge >= 0.3 is 0 Å². The average Bonchev–Trinajstić information content (AvgIpc) is 2.73. The molecule has 0 saturated carbocycles. The number of sulfone groups is 1. The minimum Gasteiger partial charge on any atom is -0.305 e. The summed E-state index contributed by atoms with van der Waals surface area (Å²) in [4.78, 5) is 4.97. The summed E-state index contributed by atoms with van der Waals surface area (Å²) in [7, 11) is 1.01. The Morgan fingerprint density at radius 2 is 1.91 bits per heavy atom. The van der Waals surface area contributed by atoms with E-state index >= 15 is 0 Å². The minimum absolute atomic E-state index is 0.177. The molecule has 1 aliphatic heterocycles. The van der Waals surface area contributed by atoms with Gasteiger partial charge < -0.3 is 9.80 Å². The maximum absolute atomic E-state index is 12.3. The van der Waals surface area contributed by atoms with Crippen molar-refractivity contribution in [3.63, 3.8) is 0 Å². The van der Waals surface area contributed by atoms with Gasteiger partial charge in [-0.1, -0.05) is 18.2 Å². The van der Waals surface area contributed by atoms with Gasteiger partial charge in [-0.25, -0.2) is 8.42 Å². The topological polar surface area (TPSA) is 40.6 Å². The van der Waals surface area contributed by atoms with Crippen LogP contribution in [0.2, 0.25) is 0 Å². The van der Waals surface area contributed by atoms with Crippen LogP contribution in [-0.4, -0.2) is 63.2 Å². The Morgan fingerprint density at radius 1 is 1.27 bits per heavy atom. The molecule has 0 spiro atoms. The quantitative estimate of drug-likeness (QED) is 0.804. The highest BCUT2D eigenvalue weighted by Gasteiger charge is 2.39. The van der Waals surface area contributed by atoms with E-state index < -0.39 is 9.84 Å². The highest BCUT2D eigenvalue weighted by molar-refractivity contribution is 7.91. The van der Waals surface area contributed by atoms with E-state index in [4.69, 9.17) is 0 Å². The fourth-order valence-electron chi connectivity index (χ4n) is 3.11. The van der Waals surface area contributed by atoms with E-state index in [2.05, 4.69) is 30.7 Å². The van der Waals surface area contributed by atoms with Crippen LogP contribution < -0.4 is 0 Å². The van der Waals surface area contributed by atoms with E-state index in [0.717, 1.165) is 13.1 Å². The van der Waals surface area contributed by atoms with Crippen molar-refractivity contribution in [3.05, 3.63) is 30.3 Å². The second-order valence-electron chi connectivity index (χ2n) is 6.95. The Morgan fingerprint density at radius 3 is 2.45 bits per heavy atom. The zero-order valence-electron chi connectivity index (χ0n) is 14.1. The molecule has 2 rings (SSSR count). The Bertz CT molecular complexity index is 584. The van der Waals surface area contributed by atoms with Gasteiger partial charge in [-0.15, -0.1) is 0 Å². The Balaban J connectivity index is 1.90. The number of benzene rings is 1. The van der Waals surface area contributed by atoms with Crippen molar-refractivity contribution in [2.24, 2.45) is 5.92 Å². The lowest BCUT2D eigenvalue weighted by atomic mass is 9.88. The molecule has 4 nitrogen and oxygen atoms in total. The summed E-state index contributed by atoms with van der Waals surface area (Å²) in [6.45, 7) is 7.20. The van der Waals surface area contributed by atoms with Gasteiger partial charge in [-0.2, -0.15) is 0 Å². The van der Waals surface area contributed by atoms with Crippen molar-refractivity contribution in [3.8, 4) is 0 Å². The molecule has 1 aliphatic rings. The molecule has 0 radical (unpaired) electrons. The second-order valence-corrected chi connectivity index (χ2v) is 9.06. The molecular weight excluding hydrogens is 296 g/mol. The summed E-state index contributed by atoms with van der Waals surface area (Å²) in [6.07, 6.45) is 1.18. The van der Waals surface area contributed by atoms with Crippen LogP contribution >= 0.6 is 0 Å². The monoisotopic (exact) mass is 324 g/mol. The van der Waals surface area contributed by atoms with Crippen molar-refractivity contribution in [1.29, 1.82) is 0 Å². The predicted octanol–water partition coefficient (Wildman–Crippen LogP) is 2.12. The van der Waals surface area contributed by atoms with Gasteiger partial charge in [-0.05, 0) is 59.0 Å². The molecule has 1 aromatic rings. The summed E-state index contributed by atoms with van der Waals surface area (Å²) in [5.41, 5.74) is 0.187. The van der Waals surface area contributed by atoms with Crippen molar-refractivity contribution < 1.29 is 8.42 Å². The van der Waals surface area contributed by atoms with E-state index in [1.807, 2.05) is 13.1 Å². The molecule has 1 atom stereocenters. The van der Waals surface area contributed by atoms with Crippen LogP contribution in [-0.2, 0) is 9.84 Å². The molecule has 22 heavy (non-hydrogen) atoms. The zero-order valence-corrected chi connectivity index (χ0v) is 14.9. The number of rotatable bonds is 6. The molecular formula is C17H28N2O2S. The van der Waals surface area contributed by atoms with Crippen LogP contribution in [0.15, 0.2) is 35.2 Å². The van der Waals surface area contributed by atoms with E-state index in [0.29, 0.717) is 17.4 Å². The Kier molecular flexibility index (Phi) is 5.30. The van der Waals surface area contributed by atoms with Crippen LogP contribution in [0.4, 0.5) is 0 Å². The highest BCUT2D eigenvalue weighted by Crippen LogP contribution is 2.33. The molecule has 0 aliphatic carbocycles. The van der Waals surface area contributed by atoms with Gasteiger partial charge in [0.15, 0.2) is 9.84 Å². The van der Waals surface area contributed by atoms with E-state index in [-0.39, 0.29) is 11.3 Å². The first-order chi connectivity index (χ1) is 10.2. The van der Waals surface area contributed by atoms with E-state index in [1.54, 1.807) is 24.3 Å². The van der Waals surface area contributed by atoms with Gasteiger partial charge in [0.25, 0.3) is 0 Å².